The van der Waals surface area contributed by atoms with Crippen LogP contribution in [0.3, 0.4) is 0 Å². The van der Waals surface area contributed by atoms with E-state index in [2.05, 4.69) is 20.1 Å². The Morgan fingerprint density at radius 2 is 1.08 bits per heavy atom. The first-order valence-corrected chi connectivity index (χ1v) is 9.98. The third-order valence-corrected chi connectivity index (χ3v) is 6.02. The molecule has 0 atom stereocenters. The van der Waals surface area contributed by atoms with Crippen LogP contribution in [-0.2, 0) is 0 Å². The van der Waals surface area contributed by atoms with Crippen molar-refractivity contribution < 1.29 is 10.4 Å². The Kier molecular flexibility index (Phi) is 8.97. The number of piperidine rings is 2. The molecule has 0 aromatic heterocycles. The van der Waals surface area contributed by atoms with Gasteiger partial charge in [-0.1, -0.05) is 23.2 Å². The molecule has 0 aromatic rings. The second-order valence-electron chi connectivity index (χ2n) is 7.83. The molecule has 150 valence electrons. The van der Waals surface area contributed by atoms with Crippen LogP contribution in [0.2, 0.25) is 0 Å². The molecule has 8 heteroatoms. The minimum absolute atomic E-state index is 0.324. The van der Waals surface area contributed by atoms with Crippen LogP contribution in [0.1, 0.15) is 51.4 Å². The van der Waals surface area contributed by atoms with Crippen LogP contribution in [-0.4, -0.2) is 71.2 Å². The van der Waals surface area contributed by atoms with Crippen LogP contribution >= 0.6 is 0 Å². The Balaban J connectivity index is 1.54. The van der Waals surface area contributed by atoms with Crippen molar-refractivity contribution in [1.82, 2.24) is 9.80 Å². The van der Waals surface area contributed by atoms with Crippen LogP contribution in [0.4, 0.5) is 0 Å². The van der Waals surface area contributed by atoms with Crippen molar-refractivity contribution in [2.45, 2.75) is 51.4 Å². The van der Waals surface area contributed by atoms with Crippen molar-refractivity contribution in [1.29, 1.82) is 0 Å². The molecule has 6 N–H and O–H groups in total. The van der Waals surface area contributed by atoms with Gasteiger partial charge in [0, 0.05) is 25.9 Å². The summed E-state index contributed by atoms with van der Waals surface area (Å²) < 4.78 is 0. The number of rotatable bonds is 9. The van der Waals surface area contributed by atoms with E-state index < -0.39 is 0 Å². The highest BCUT2D eigenvalue weighted by Crippen LogP contribution is 2.28. The lowest BCUT2D eigenvalue weighted by molar-refractivity contribution is 0.154. The predicted octanol–water partition coefficient (Wildman–Crippen LogP) is 1.46. The zero-order chi connectivity index (χ0) is 18.8. The molecule has 2 saturated heterocycles. The molecule has 2 fully saturated rings. The summed E-state index contributed by atoms with van der Waals surface area (Å²) in [5.41, 5.74) is 11.1. The summed E-state index contributed by atoms with van der Waals surface area (Å²) in [6, 6.07) is 0. The standard InChI is InChI=1S/C18H36N6O2/c19-17(21-25)7-13-23-9-3-15(4-10-23)1-2-16-5-11-24(12-6-16)14-8-18(20)22-26/h15-16,25-26H,1-14H2,(H2,19,21)(H2,20,22). The van der Waals surface area contributed by atoms with E-state index in [1.54, 1.807) is 0 Å². The second-order valence-corrected chi connectivity index (χ2v) is 7.83. The molecule has 2 rings (SSSR count). The van der Waals surface area contributed by atoms with E-state index in [4.69, 9.17) is 21.9 Å². The molecule has 2 heterocycles. The molecular formula is C18H36N6O2. The Labute approximate surface area is 156 Å². The number of nitrogens with two attached hydrogens (primary N) is 2. The minimum Gasteiger partial charge on any atom is -0.409 e. The van der Waals surface area contributed by atoms with E-state index in [1.807, 2.05) is 0 Å². The maximum absolute atomic E-state index is 8.60. The molecule has 8 nitrogen and oxygen atoms in total. The topological polar surface area (TPSA) is 124 Å². The first kappa shape index (κ1) is 20.8. The van der Waals surface area contributed by atoms with E-state index in [9.17, 15) is 0 Å². The molecule has 0 radical (unpaired) electrons. The molecule has 2 aliphatic heterocycles. The Hall–Kier alpha value is -1.54. The normalized spacial score (nSPS) is 22.8. The van der Waals surface area contributed by atoms with E-state index in [1.165, 1.54) is 38.5 Å². The van der Waals surface area contributed by atoms with Crippen molar-refractivity contribution in [3.63, 3.8) is 0 Å². The van der Waals surface area contributed by atoms with Crippen molar-refractivity contribution >= 4 is 11.7 Å². The Morgan fingerprint density at radius 3 is 1.38 bits per heavy atom. The van der Waals surface area contributed by atoms with E-state index >= 15 is 0 Å². The van der Waals surface area contributed by atoms with E-state index in [0.29, 0.717) is 24.5 Å². The molecular weight excluding hydrogens is 332 g/mol. The molecule has 0 amide bonds. The number of hydrogen-bond acceptors (Lipinski definition) is 6. The van der Waals surface area contributed by atoms with Crippen molar-refractivity contribution in [3.8, 4) is 0 Å². The molecule has 26 heavy (non-hydrogen) atoms. The highest BCUT2D eigenvalue weighted by Gasteiger charge is 2.23. The lowest BCUT2D eigenvalue weighted by Gasteiger charge is -2.34. The third kappa shape index (κ3) is 7.37. The zero-order valence-electron chi connectivity index (χ0n) is 15.9. The summed E-state index contributed by atoms with van der Waals surface area (Å²) >= 11 is 0. The van der Waals surface area contributed by atoms with Gasteiger partial charge in [-0.2, -0.15) is 0 Å². The average Bonchev–Trinajstić information content (AvgIpc) is 2.70. The van der Waals surface area contributed by atoms with E-state index in [-0.39, 0.29) is 0 Å². The van der Waals surface area contributed by atoms with Gasteiger partial charge >= 0.3 is 0 Å². The van der Waals surface area contributed by atoms with Crippen LogP contribution < -0.4 is 11.5 Å². The maximum atomic E-state index is 8.60. The van der Waals surface area contributed by atoms with Gasteiger partial charge in [0.2, 0.25) is 0 Å². The fraction of sp³-hybridized carbons (Fsp3) is 0.889. The van der Waals surface area contributed by atoms with Gasteiger partial charge in [-0.3, -0.25) is 0 Å². The molecule has 0 aromatic carbocycles. The van der Waals surface area contributed by atoms with Crippen LogP contribution in [0.5, 0.6) is 0 Å². The Morgan fingerprint density at radius 1 is 0.731 bits per heavy atom. The number of likely N-dealkylation sites (tertiary alicyclic amines) is 2. The lowest BCUT2D eigenvalue weighted by Crippen LogP contribution is -2.37. The van der Waals surface area contributed by atoms with Crippen LogP contribution in [0.25, 0.3) is 0 Å². The highest BCUT2D eigenvalue weighted by atomic mass is 16.4. The van der Waals surface area contributed by atoms with Gasteiger partial charge in [0.25, 0.3) is 0 Å². The molecule has 0 spiro atoms. The minimum atomic E-state index is 0.324. The summed E-state index contributed by atoms with van der Waals surface area (Å²) in [4.78, 5) is 4.85. The fourth-order valence-electron chi connectivity index (χ4n) is 4.11. The average molecular weight is 369 g/mol. The zero-order valence-corrected chi connectivity index (χ0v) is 15.9. The summed E-state index contributed by atoms with van der Waals surface area (Å²) in [6.45, 7) is 6.33. The number of amidine groups is 2. The smallest absolute Gasteiger partial charge is 0.140 e. The highest BCUT2D eigenvalue weighted by molar-refractivity contribution is 5.80. The molecule has 2 aliphatic rings. The molecule has 0 saturated carbocycles. The summed E-state index contributed by atoms with van der Waals surface area (Å²) in [5.74, 6) is 2.36. The van der Waals surface area contributed by atoms with Crippen LogP contribution in [0, 0.1) is 11.8 Å². The Bertz CT molecular complexity index is 413. The monoisotopic (exact) mass is 368 g/mol. The van der Waals surface area contributed by atoms with E-state index in [0.717, 1.165) is 51.1 Å². The first-order chi connectivity index (χ1) is 12.6. The maximum Gasteiger partial charge on any atom is 0.140 e. The number of nitrogens with zero attached hydrogens (tertiary/aromatic N) is 4. The third-order valence-electron chi connectivity index (χ3n) is 6.02. The SMILES string of the molecule is NC(CCN1CCC(CCC2CCN(CCC(N)=NO)CC2)CC1)=NO. The summed E-state index contributed by atoms with van der Waals surface area (Å²) in [6.07, 6.45) is 9.09. The van der Waals surface area contributed by atoms with Gasteiger partial charge in [-0.15, -0.1) is 0 Å². The van der Waals surface area contributed by atoms with Crippen LogP contribution in [0.15, 0.2) is 10.3 Å². The molecule has 0 bridgehead atoms. The van der Waals surface area contributed by atoms with Gasteiger partial charge in [-0.25, -0.2) is 0 Å². The quantitative estimate of drug-likeness (QED) is 0.211. The number of hydrogen-bond donors (Lipinski definition) is 4. The van der Waals surface area contributed by atoms with Crippen molar-refractivity contribution in [3.05, 3.63) is 0 Å². The predicted molar refractivity (Wildman–Crippen MR) is 104 cm³/mol. The van der Waals surface area contributed by atoms with Gasteiger partial charge in [-0.05, 0) is 63.7 Å². The van der Waals surface area contributed by atoms with Gasteiger partial charge < -0.3 is 31.7 Å². The van der Waals surface area contributed by atoms with Gasteiger partial charge in [0.05, 0.1) is 0 Å². The summed E-state index contributed by atoms with van der Waals surface area (Å²) in [7, 11) is 0. The van der Waals surface area contributed by atoms with Gasteiger partial charge in [0.15, 0.2) is 0 Å². The fourth-order valence-corrected chi connectivity index (χ4v) is 4.11. The lowest BCUT2D eigenvalue weighted by atomic mass is 9.85. The van der Waals surface area contributed by atoms with Gasteiger partial charge in [0.1, 0.15) is 11.7 Å². The summed E-state index contributed by atoms with van der Waals surface area (Å²) in [5, 5.41) is 23.3. The van der Waals surface area contributed by atoms with Crippen molar-refractivity contribution in [2.24, 2.45) is 33.6 Å². The molecule has 0 aliphatic carbocycles. The first-order valence-electron chi connectivity index (χ1n) is 9.98. The largest absolute Gasteiger partial charge is 0.409 e. The van der Waals surface area contributed by atoms with Crippen molar-refractivity contribution in [2.75, 3.05) is 39.3 Å². The molecule has 0 unspecified atom stereocenters. The second kappa shape index (κ2) is 11.2. The number of oxime groups is 2.